The predicted molar refractivity (Wildman–Crippen MR) is 70.7 cm³/mol. The third kappa shape index (κ3) is 3.30. The van der Waals surface area contributed by atoms with E-state index >= 15 is 0 Å². The van der Waals surface area contributed by atoms with Crippen molar-refractivity contribution in [1.82, 2.24) is 10.2 Å². The summed E-state index contributed by atoms with van der Waals surface area (Å²) >= 11 is 1.93. The summed E-state index contributed by atoms with van der Waals surface area (Å²) in [4.78, 5) is 5.38. The normalized spacial score (nSPS) is 24.0. The van der Waals surface area contributed by atoms with Crippen molar-refractivity contribution < 1.29 is 0 Å². The number of rotatable bonds is 6. The molecule has 1 fully saturated rings. The van der Waals surface area contributed by atoms with Crippen LogP contribution in [0, 0.1) is 11.8 Å². The van der Waals surface area contributed by atoms with Crippen LogP contribution >= 0.6 is 11.3 Å². The van der Waals surface area contributed by atoms with Crippen LogP contribution in [0.1, 0.15) is 23.1 Å². The molecule has 1 aromatic rings. The molecule has 0 saturated heterocycles. The Labute approximate surface area is 103 Å². The van der Waals surface area contributed by atoms with Gasteiger partial charge in [0, 0.05) is 29.4 Å². The van der Waals surface area contributed by atoms with Gasteiger partial charge in [0.2, 0.25) is 0 Å². The van der Waals surface area contributed by atoms with E-state index in [0.29, 0.717) is 0 Å². The summed E-state index contributed by atoms with van der Waals surface area (Å²) in [5, 5.41) is 3.20. The molecule has 1 saturated carbocycles. The van der Waals surface area contributed by atoms with E-state index in [1.54, 1.807) is 0 Å². The molecule has 0 bridgehead atoms. The minimum Gasteiger partial charge on any atom is -0.315 e. The van der Waals surface area contributed by atoms with Crippen molar-refractivity contribution in [3.63, 3.8) is 0 Å². The van der Waals surface area contributed by atoms with Crippen LogP contribution in [0.25, 0.3) is 0 Å². The lowest BCUT2D eigenvalue weighted by Gasteiger charge is -2.15. The summed E-state index contributed by atoms with van der Waals surface area (Å²) in [6.07, 6.45) is 1.43. The Balaban J connectivity index is 1.78. The third-order valence-electron chi connectivity index (χ3n) is 3.32. The van der Waals surface area contributed by atoms with Crippen molar-refractivity contribution in [3.8, 4) is 0 Å². The molecule has 2 nitrogen and oxygen atoms in total. The molecule has 1 aromatic heterocycles. The zero-order chi connectivity index (χ0) is 11.5. The van der Waals surface area contributed by atoms with Gasteiger partial charge in [-0.1, -0.05) is 6.92 Å². The van der Waals surface area contributed by atoms with Gasteiger partial charge in [-0.3, -0.25) is 0 Å². The minimum absolute atomic E-state index is 0.960. The Morgan fingerprint density at radius 2 is 2.12 bits per heavy atom. The number of thiophene rings is 1. The van der Waals surface area contributed by atoms with E-state index in [2.05, 4.69) is 36.3 Å². The van der Waals surface area contributed by atoms with E-state index in [1.807, 2.05) is 18.4 Å². The van der Waals surface area contributed by atoms with E-state index in [-0.39, 0.29) is 0 Å². The Kier molecular flexibility index (Phi) is 4.00. The first kappa shape index (κ1) is 12.1. The highest BCUT2D eigenvalue weighted by molar-refractivity contribution is 7.11. The topological polar surface area (TPSA) is 15.3 Å². The van der Waals surface area contributed by atoms with Gasteiger partial charge in [0.1, 0.15) is 0 Å². The molecular weight excluding hydrogens is 216 g/mol. The molecule has 0 spiro atoms. The van der Waals surface area contributed by atoms with Crippen LogP contribution in [0.15, 0.2) is 12.1 Å². The molecule has 16 heavy (non-hydrogen) atoms. The molecule has 90 valence electrons. The van der Waals surface area contributed by atoms with Gasteiger partial charge >= 0.3 is 0 Å². The molecule has 0 aromatic carbocycles. The molecule has 0 amide bonds. The molecule has 2 rings (SSSR count). The molecule has 0 aliphatic heterocycles. The first-order valence-electron chi connectivity index (χ1n) is 6.09. The Morgan fingerprint density at radius 3 is 2.75 bits per heavy atom. The summed E-state index contributed by atoms with van der Waals surface area (Å²) in [5.41, 5.74) is 0. The van der Waals surface area contributed by atoms with Gasteiger partial charge < -0.3 is 10.2 Å². The summed E-state index contributed by atoms with van der Waals surface area (Å²) in [7, 11) is 4.24. The number of hydrogen-bond donors (Lipinski definition) is 1. The number of hydrogen-bond acceptors (Lipinski definition) is 3. The van der Waals surface area contributed by atoms with Gasteiger partial charge in [-0.25, -0.2) is 0 Å². The van der Waals surface area contributed by atoms with Crippen molar-refractivity contribution in [1.29, 1.82) is 0 Å². The van der Waals surface area contributed by atoms with Crippen molar-refractivity contribution in [2.45, 2.75) is 26.4 Å². The quantitative estimate of drug-likeness (QED) is 0.819. The van der Waals surface area contributed by atoms with Crippen molar-refractivity contribution in [2.75, 3.05) is 20.6 Å². The monoisotopic (exact) mass is 238 g/mol. The SMILES string of the molecule is CNCc1ccc(CN(C)CC2CC2C)s1. The standard InChI is InChI=1S/C13H22N2S/c1-10-6-11(10)8-15(3)9-13-5-4-12(16-13)7-14-2/h4-5,10-11,14H,6-9H2,1-3H3. The fourth-order valence-electron chi connectivity index (χ4n) is 2.16. The highest BCUT2D eigenvalue weighted by atomic mass is 32.1. The zero-order valence-electron chi connectivity index (χ0n) is 10.5. The van der Waals surface area contributed by atoms with E-state index in [4.69, 9.17) is 0 Å². The number of nitrogens with zero attached hydrogens (tertiary/aromatic N) is 1. The highest BCUT2D eigenvalue weighted by Crippen LogP contribution is 2.38. The lowest BCUT2D eigenvalue weighted by Crippen LogP contribution is -2.20. The Hall–Kier alpha value is -0.380. The summed E-state index contributed by atoms with van der Waals surface area (Å²) < 4.78 is 0. The summed E-state index contributed by atoms with van der Waals surface area (Å²) in [6.45, 7) is 5.72. The minimum atomic E-state index is 0.960. The lowest BCUT2D eigenvalue weighted by atomic mass is 10.3. The largest absolute Gasteiger partial charge is 0.315 e. The molecular formula is C13H22N2S. The van der Waals surface area contributed by atoms with Crippen LogP contribution in [-0.4, -0.2) is 25.5 Å². The fourth-order valence-corrected chi connectivity index (χ4v) is 3.27. The van der Waals surface area contributed by atoms with Crippen LogP contribution < -0.4 is 5.32 Å². The van der Waals surface area contributed by atoms with Crippen molar-refractivity contribution in [2.24, 2.45) is 11.8 Å². The summed E-state index contributed by atoms with van der Waals surface area (Å²) in [5.74, 6) is 1.92. The second-order valence-corrected chi connectivity index (χ2v) is 6.32. The van der Waals surface area contributed by atoms with Crippen LogP contribution in [-0.2, 0) is 13.1 Å². The zero-order valence-corrected chi connectivity index (χ0v) is 11.3. The molecule has 0 radical (unpaired) electrons. The van der Waals surface area contributed by atoms with Gasteiger partial charge in [-0.05, 0) is 44.5 Å². The Bertz CT molecular complexity index is 334. The van der Waals surface area contributed by atoms with Crippen LogP contribution in [0.4, 0.5) is 0 Å². The molecule has 1 aliphatic rings. The van der Waals surface area contributed by atoms with E-state index in [1.165, 1.54) is 22.7 Å². The average Bonchev–Trinajstić information content (AvgIpc) is 2.74. The second kappa shape index (κ2) is 5.30. The smallest absolute Gasteiger partial charge is 0.0325 e. The molecule has 1 heterocycles. The van der Waals surface area contributed by atoms with E-state index in [0.717, 1.165) is 24.9 Å². The van der Waals surface area contributed by atoms with Crippen molar-refractivity contribution in [3.05, 3.63) is 21.9 Å². The second-order valence-electron chi connectivity index (χ2n) is 5.07. The first-order chi connectivity index (χ1) is 7.69. The fraction of sp³-hybridized carbons (Fsp3) is 0.692. The van der Waals surface area contributed by atoms with Crippen LogP contribution in [0.5, 0.6) is 0 Å². The highest BCUT2D eigenvalue weighted by Gasteiger charge is 2.32. The van der Waals surface area contributed by atoms with Gasteiger partial charge in [0.25, 0.3) is 0 Å². The van der Waals surface area contributed by atoms with Gasteiger partial charge in [-0.15, -0.1) is 11.3 Å². The van der Waals surface area contributed by atoms with E-state index in [9.17, 15) is 0 Å². The lowest BCUT2D eigenvalue weighted by molar-refractivity contribution is 0.310. The molecule has 1 N–H and O–H groups in total. The maximum Gasteiger partial charge on any atom is 0.0325 e. The Morgan fingerprint density at radius 1 is 1.44 bits per heavy atom. The van der Waals surface area contributed by atoms with Crippen LogP contribution in [0.3, 0.4) is 0 Å². The van der Waals surface area contributed by atoms with E-state index < -0.39 is 0 Å². The molecule has 2 unspecified atom stereocenters. The maximum absolute atomic E-state index is 3.20. The average molecular weight is 238 g/mol. The first-order valence-corrected chi connectivity index (χ1v) is 6.91. The molecule has 1 aliphatic carbocycles. The van der Waals surface area contributed by atoms with Crippen molar-refractivity contribution >= 4 is 11.3 Å². The third-order valence-corrected chi connectivity index (χ3v) is 4.39. The maximum atomic E-state index is 3.20. The molecule has 3 heteroatoms. The predicted octanol–water partition coefficient (Wildman–Crippen LogP) is 2.56. The van der Waals surface area contributed by atoms with Gasteiger partial charge in [0.15, 0.2) is 0 Å². The van der Waals surface area contributed by atoms with Crippen LogP contribution in [0.2, 0.25) is 0 Å². The number of nitrogens with one attached hydrogen (secondary N) is 1. The molecule has 2 atom stereocenters. The van der Waals surface area contributed by atoms with Gasteiger partial charge in [0.05, 0.1) is 0 Å². The van der Waals surface area contributed by atoms with Gasteiger partial charge in [-0.2, -0.15) is 0 Å². The summed E-state index contributed by atoms with van der Waals surface area (Å²) in [6, 6.07) is 4.51.